The van der Waals surface area contributed by atoms with Crippen molar-refractivity contribution in [3.63, 3.8) is 0 Å². The van der Waals surface area contributed by atoms with Gasteiger partial charge in [-0.2, -0.15) is 0 Å². The van der Waals surface area contributed by atoms with Gasteiger partial charge in [-0.1, -0.05) is 13.7 Å². The molecule has 0 atom stereocenters. The van der Waals surface area contributed by atoms with Gasteiger partial charge < -0.3 is 0 Å². The number of nitrogens with zero attached hydrogens (tertiary/aromatic N) is 2. The molecule has 0 radical (unpaired) electrons. The van der Waals surface area contributed by atoms with E-state index in [-0.39, 0.29) is 10.2 Å². The lowest BCUT2D eigenvalue weighted by Gasteiger charge is -2.03. The summed E-state index contributed by atoms with van der Waals surface area (Å²) in [4.78, 5) is 7.23. The van der Waals surface area contributed by atoms with Crippen molar-refractivity contribution in [2.75, 3.05) is 0 Å². The Morgan fingerprint density at radius 2 is 2.60 bits per heavy atom. The molecule has 1 heterocycles. The van der Waals surface area contributed by atoms with Crippen LogP contribution in [0.1, 0.15) is 34.9 Å². The van der Waals surface area contributed by atoms with Crippen LogP contribution in [0.2, 0.25) is 0 Å². The minimum Gasteiger partial charge on any atom is -0.244 e. The van der Waals surface area contributed by atoms with E-state index in [1.165, 1.54) is 6.20 Å². The van der Waals surface area contributed by atoms with Gasteiger partial charge in [0.25, 0.3) is 0 Å². The second-order valence-electron chi connectivity index (χ2n) is 1.59. The summed E-state index contributed by atoms with van der Waals surface area (Å²) in [6, 6.07) is 0. The molecule has 0 spiro atoms. The van der Waals surface area contributed by atoms with Gasteiger partial charge in [-0.05, 0) is 21.8 Å². The van der Waals surface area contributed by atoms with E-state index >= 15 is 0 Å². The average Bonchev–Trinajstić information content (AvgIpc) is 2.13. The van der Waals surface area contributed by atoms with E-state index in [9.17, 15) is 0 Å². The number of rotatable bonds is 1. The van der Waals surface area contributed by atoms with Crippen molar-refractivity contribution in [3.8, 4) is 0 Å². The SMILES string of the molecule is [2H]C([2H])([2H])C([2H])(c1ncncc1Br)C([2H])([2H])[2H]. The van der Waals surface area contributed by atoms with Gasteiger partial charge in [0.15, 0.2) is 0 Å². The van der Waals surface area contributed by atoms with E-state index in [0.717, 1.165) is 6.33 Å². The Hall–Kier alpha value is -0.440. The summed E-state index contributed by atoms with van der Waals surface area (Å²) in [6.45, 7) is -6.07. The molecule has 0 bridgehead atoms. The maximum absolute atomic E-state index is 7.86. The normalized spacial score (nSPS) is 24.3. The third-order valence-electron chi connectivity index (χ3n) is 0.904. The first-order valence-electron chi connectivity index (χ1n) is 5.98. The first kappa shape index (κ1) is 2.55. The summed E-state index contributed by atoms with van der Waals surface area (Å²) >= 11 is 2.97. The molecule has 10 heavy (non-hydrogen) atoms. The molecular weight excluding hydrogens is 192 g/mol. The number of halogens is 1. The lowest BCUT2D eigenvalue weighted by Crippen LogP contribution is -1.93. The quantitative estimate of drug-likeness (QED) is 0.707. The van der Waals surface area contributed by atoms with Gasteiger partial charge in [-0.25, -0.2) is 9.97 Å². The predicted molar refractivity (Wildman–Crippen MR) is 43.8 cm³/mol. The van der Waals surface area contributed by atoms with Crippen molar-refractivity contribution in [2.45, 2.75) is 19.6 Å². The largest absolute Gasteiger partial charge is 0.244 e. The van der Waals surface area contributed by atoms with Crippen LogP contribution in [0.5, 0.6) is 0 Å². The highest BCUT2D eigenvalue weighted by atomic mass is 79.9. The summed E-state index contributed by atoms with van der Waals surface area (Å²) in [5, 5.41) is 0. The Balaban J connectivity index is 3.53. The van der Waals surface area contributed by atoms with Crippen LogP contribution >= 0.6 is 15.9 Å². The zero-order chi connectivity index (χ0) is 13.5. The summed E-state index contributed by atoms with van der Waals surface area (Å²) < 4.78 is 51.6. The van der Waals surface area contributed by atoms with Crippen molar-refractivity contribution in [3.05, 3.63) is 22.7 Å². The highest BCUT2D eigenvalue weighted by Crippen LogP contribution is 2.19. The lowest BCUT2D eigenvalue weighted by atomic mass is 10.1. The van der Waals surface area contributed by atoms with E-state index < -0.39 is 19.6 Å². The van der Waals surface area contributed by atoms with Crippen LogP contribution in [0.25, 0.3) is 0 Å². The molecule has 0 aliphatic carbocycles. The zero-order valence-corrected chi connectivity index (χ0v) is 6.51. The molecule has 0 aromatic carbocycles. The van der Waals surface area contributed by atoms with Crippen LogP contribution in [0, 0.1) is 0 Å². The molecule has 0 saturated carbocycles. The first-order chi connectivity index (χ1) is 7.52. The van der Waals surface area contributed by atoms with Crippen molar-refractivity contribution in [1.82, 2.24) is 9.97 Å². The Morgan fingerprint density at radius 1 is 1.80 bits per heavy atom. The Morgan fingerprint density at radius 3 is 3.20 bits per heavy atom. The first-order valence-corrected chi connectivity index (χ1v) is 3.27. The van der Waals surface area contributed by atoms with E-state index in [1.807, 2.05) is 0 Å². The van der Waals surface area contributed by atoms with Gasteiger partial charge in [0.1, 0.15) is 6.33 Å². The van der Waals surface area contributed by atoms with Crippen LogP contribution in [-0.2, 0) is 0 Å². The third-order valence-corrected chi connectivity index (χ3v) is 1.48. The fourth-order valence-corrected chi connectivity index (χ4v) is 0.915. The molecule has 2 nitrogen and oxygen atoms in total. The number of hydrogen-bond acceptors (Lipinski definition) is 2. The van der Waals surface area contributed by atoms with Crippen molar-refractivity contribution < 1.29 is 9.60 Å². The van der Waals surface area contributed by atoms with Gasteiger partial charge in [0, 0.05) is 15.8 Å². The maximum Gasteiger partial charge on any atom is 0.115 e. The molecule has 0 saturated heterocycles. The minimum absolute atomic E-state index is 0.0854. The van der Waals surface area contributed by atoms with Crippen LogP contribution in [0.15, 0.2) is 17.0 Å². The molecule has 1 aromatic rings. The van der Waals surface area contributed by atoms with Crippen molar-refractivity contribution >= 4 is 15.9 Å². The van der Waals surface area contributed by atoms with Gasteiger partial charge >= 0.3 is 0 Å². The molecule has 0 unspecified atom stereocenters. The lowest BCUT2D eigenvalue weighted by molar-refractivity contribution is 0.806. The molecule has 0 fully saturated rings. The molecule has 0 amide bonds. The summed E-state index contributed by atoms with van der Waals surface area (Å²) in [5.74, 6) is -2.79. The molecule has 1 aromatic heterocycles. The van der Waals surface area contributed by atoms with E-state index in [0.29, 0.717) is 0 Å². The second kappa shape index (κ2) is 3.10. The summed E-state index contributed by atoms with van der Waals surface area (Å²) in [6.07, 6.45) is 2.23. The van der Waals surface area contributed by atoms with Crippen molar-refractivity contribution in [1.29, 1.82) is 0 Å². The highest BCUT2D eigenvalue weighted by Gasteiger charge is 2.03. The molecule has 1 rings (SSSR count). The molecule has 3 heteroatoms. The topological polar surface area (TPSA) is 25.8 Å². The molecule has 0 aliphatic rings. The molecule has 54 valence electrons. The van der Waals surface area contributed by atoms with Crippen LogP contribution in [0.4, 0.5) is 0 Å². The fourth-order valence-electron chi connectivity index (χ4n) is 0.497. The fraction of sp³-hybridized carbons (Fsp3) is 0.429. The predicted octanol–water partition coefficient (Wildman–Crippen LogP) is 2.36. The van der Waals surface area contributed by atoms with Crippen molar-refractivity contribution in [2.24, 2.45) is 0 Å². The van der Waals surface area contributed by atoms with Crippen LogP contribution in [0.3, 0.4) is 0 Å². The Kier molecular flexibility index (Phi) is 0.792. The average molecular weight is 208 g/mol. The van der Waals surface area contributed by atoms with E-state index in [1.54, 1.807) is 0 Å². The Labute approximate surface area is 78.7 Å². The van der Waals surface area contributed by atoms with E-state index in [4.69, 9.17) is 9.60 Å². The number of hydrogen-bond donors (Lipinski definition) is 0. The van der Waals surface area contributed by atoms with Gasteiger partial charge in [-0.15, -0.1) is 0 Å². The number of aromatic nitrogens is 2. The van der Waals surface area contributed by atoms with Crippen LogP contribution in [-0.4, -0.2) is 9.97 Å². The van der Waals surface area contributed by atoms with E-state index in [2.05, 4.69) is 25.9 Å². The van der Waals surface area contributed by atoms with Gasteiger partial charge in [0.2, 0.25) is 0 Å². The zero-order valence-electron chi connectivity index (χ0n) is 11.9. The van der Waals surface area contributed by atoms with Gasteiger partial charge in [-0.3, -0.25) is 0 Å². The van der Waals surface area contributed by atoms with Gasteiger partial charge in [0.05, 0.1) is 10.2 Å². The summed E-state index contributed by atoms with van der Waals surface area (Å²) in [5.41, 5.74) is -0.368. The maximum atomic E-state index is 7.86. The molecule has 0 aliphatic heterocycles. The standard InChI is InChI=1S/C7H9BrN2/c1-5(2)7-6(8)3-9-4-10-7/h3-5H,1-2H3/i1D3,2D3,5D. The summed E-state index contributed by atoms with van der Waals surface area (Å²) in [7, 11) is 0. The Bertz CT molecular complexity index is 399. The smallest absolute Gasteiger partial charge is 0.115 e. The second-order valence-corrected chi connectivity index (χ2v) is 2.45. The molecular formula is C7H9BrN2. The minimum atomic E-state index is -3.03. The third kappa shape index (κ3) is 1.53. The monoisotopic (exact) mass is 207 g/mol. The van der Waals surface area contributed by atoms with Crippen LogP contribution < -0.4 is 0 Å². The molecule has 0 N–H and O–H groups in total. The highest BCUT2D eigenvalue weighted by molar-refractivity contribution is 9.10.